The second-order valence-corrected chi connectivity index (χ2v) is 3.48. The maximum absolute atomic E-state index is 5.21. The molecule has 0 bridgehead atoms. The molecule has 0 radical (unpaired) electrons. The molecule has 6 nitrogen and oxygen atoms in total. The molecule has 0 aliphatic rings. The van der Waals surface area contributed by atoms with E-state index in [0.29, 0.717) is 18.9 Å². The van der Waals surface area contributed by atoms with Crippen molar-refractivity contribution in [3.8, 4) is 0 Å². The lowest BCUT2D eigenvalue weighted by Gasteiger charge is -1.98. The highest BCUT2D eigenvalue weighted by molar-refractivity contribution is 9.10. The van der Waals surface area contributed by atoms with Crippen LogP contribution in [0.3, 0.4) is 0 Å². The highest BCUT2D eigenvalue weighted by atomic mass is 79.9. The zero-order chi connectivity index (χ0) is 9.80. The van der Waals surface area contributed by atoms with E-state index >= 15 is 0 Å². The van der Waals surface area contributed by atoms with Crippen molar-refractivity contribution < 1.29 is 4.42 Å². The van der Waals surface area contributed by atoms with Crippen molar-refractivity contribution >= 4 is 15.9 Å². The van der Waals surface area contributed by atoms with Gasteiger partial charge in [-0.3, -0.25) is 0 Å². The standard InChI is InChI=1S/C7H8BrN5O/c8-5-1-2-14-6(5)3-9-4-7-10-12-13-11-7/h1-2,9H,3-4H2,(H,10,11,12,13). The summed E-state index contributed by atoms with van der Waals surface area (Å²) >= 11 is 3.36. The molecule has 0 fully saturated rings. The van der Waals surface area contributed by atoms with Crippen molar-refractivity contribution in [3.63, 3.8) is 0 Å². The third-order valence-corrected chi connectivity index (χ3v) is 2.36. The molecule has 0 spiro atoms. The smallest absolute Gasteiger partial charge is 0.188 e. The highest BCUT2D eigenvalue weighted by Crippen LogP contribution is 2.16. The lowest BCUT2D eigenvalue weighted by Crippen LogP contribution is -2.13. The minimum Gasteiger partial charge on any atom is -0.467 e. The Kier molecular flexibility index (Phi) is 2.90. The van der Waals surface area contributed by atoms with Crippen LogP contribution in [0.1, 0.15) is 11.6 Å². The van der Waals surface area contributed by atoms with Crippen LogP contribution in [0.5, 0.6) is 0 Å². The van der Waals surface area contributed by atoms with E-state index in [1.165, 1.54) is 0 Å². The lowest BCUT2D eigenvalue weighted by atomic mass is 10.4. The Morgan fingerprint density at radius 3 is 3.07 bits per heavy atom. The van der Waals surface area contributed by atoms with Crippen LogP contribution in [-0.2, 0) is 13.1 Å². The van der Waals surface area contributed by atoms with Gasteiger partial charge in [0.25, 0.3) is 0 Å². The number of aromatic nitrogens is 4. The molecule has 74 valence electrons. The average molecular weight is 258 g/mol. The summed E-state index contributed by atoms with van der Waals surface area (Å²) in [5.41, 5.74) is 0. The molecular weight excluding hydrogens is 250 g/mol. The summed E-state index contributed by atoms with van der Waals surface area (Å²) in [6, 6.07) is 1.85. The molecule has 0 saturated carbocycles. The first-order valence-corrected chi connectivity index (χ1v) is 4.80. The zero-order valence-electron chi connectivity index (χ0n) is 7.20. The third-order valence-electron chi connectivity index (χ3n) is 1.65. The van der Waals surface area contributed by atoms with E-state index in [4.69, 9.17) is 4.42 Å². The van der Waals surface area contributed by atoms with E-state index in [0.717, 1.165) is 10.2 Å². The number of nitrogens with one attached hydrogen (secondary N) is 2. The van der Waals surface area contributed by atoms with Gasteiger partial charge < -0.3 is 9.73 Å². The summed E-state index contributed by atoms with van der Waals surface area (Å²) in [5, 5.41) is 16.6. The first kappa shape index (κ1) is 9.35. The Morgan fingerprint density at radius 2 is 2.43 bits per heavy atom. The Labute approximate surface area is 88.2 Å². The summed E-state index contributed by atoms with van der Waals surface area (Å²) in [5.74, 6) is 1.49. The molecule has 0 saturated heterocycles. The molecule has 7 heteroatoms. The normalized spacial score (nSPS) is 10.6. The molecule has 0 atom stereocenters. The number of aromatic amines is 1. The highest BCUT2D eigenvalue weighted by Gasteiger charge is 2.03. The van der Waals surface area contributed by atoms with Crippen LogP contribution in [0.2, 0.25) is 0 Å². The number of halogens is 1. The molecular formula is C7H8BrN5O. The van der Waals surface area contributed by atoms with Gasteiger partial charge in [0, 0.05) is 0 Å². The largest absolute Gasteiger partial charge is 0.467 e. The van der Waals surface area contributed by atoms with Crippen LogP contribution in [0.4, 0.5) is 0 Å². The number of furan rings is 1. The van der Waals surface area contributed by atoms with Crippen LogP contribution >= 0.6 is 15.9 Å². The van der Waals surface area contributed by atoms with E-state index < -0.39 is 0 Å². The summed E-state index contributed by atoms with van der Waals surface area (Å²) in [6.45, 7) is 1.19. The molecule has 2 aromatic heterocycles. The Hall–Kier alpha value is -1.21. The van der Waals surface area contributed by atoms with Gasteiger partial charge in [0.05, 0.1) is 23.8 Å². The minimum atomic E-state index is 0.559. The minimum absolute atomic E-state index is 0.559. The Balaban J connectivity index is 1.81. The summed E-state index contributed by atoms with van der Waals surface area (Å²) in [7, 11) is 0. The van der Waals surface area contributed by atoms with Crippen LogP contribution in [0, 0.1) is 0 Å². The third kappa shape index (κ3) is 2.18. The van der Waals surface area contributed by atoms with E-state index in [1.54, 1.807) is 6.26 Å². The molecule has 14 heavy (non-hydrogen) atoms. The summed E-state index contributed by atoms with van der Waals surface area (Å²) in [6.07, 6.45) is 1.63. The fourth-order valence-electron chi connectivity index (χ4n) is 0.996. The van der Waals surface area contributed by atoms with Gasteiger partial charge in [0.15, 0.2) is 5.82 Å². The van der Waals surface area contributed by atoms with Crippen LogP contribution in [0.25, 0.3) is 0 Å². The monoisotopic (exact) mass is 257 g/mol. The van der Waals surface area contributed by atoms with Crippen molar-refractivity contribution in [1.82, 2.24) is 25.9 Å². The molecule has 0 unspecified atom stereocenters. The first-order chi connectivity index (χ1) is 6.86. The second kappa shape index (κ2) is 4.34. The van der Waals surface area contributed by atoms with Crippen molar-refractivity contribution in [2.24, 2.45) is 0 Å². The lowest BCUT2D eigenvalue weighted by molar-refractivity contribution is 0.478. The summed E-state index contributed by atoms with van der Waals surface area (Å²) < 4.78 is 6.17. The van der Waals surface area contributed by atoms with Gasteiger partial charge in [0.2, 0.25) is 0 Å². The van der Waals surface area contributed by atoms with E-state index in [-0.39, 0.29) is 0 Å². The van der Waals surface area contributed by atoms with Gasteiger partial charge in [-0.05, 0) is 22.0 Å². The first-order valence-electron chi connectivity index (χ1n) is 4.01. The molecule has 2 rings (SSSR count). The van der Waals surface area contributed by atoms with Gasteiger partial charge in [-0.1, -0.05) is 5.21 Å². The van der Waals surface area contributed by atoms with Crippen molar-refractivity contribution in [1.29, 1.82) is 0 Å². The number of H-pyrrole nitrogens is 1. The van der Waals surface area contributed by atoms with E-state index in [9.17, 15) is 0 Å². The Morgan fingerprint density at radius 1 is 1.50 bits per heavy atom. The topological polar surface area (TPSA) is 79.6 Å². The Bertz CT molecular complexity index is 384. The maximum Gasteiger partial charge on any atom is 0.188 e. The summed E-state index contributed by atoms with van der Waals surface area (Å²) in [4.78, 5) is 0. The molecule has 0 aromatic carbocycles. The molecule has 0 aliphatic carbocycles. The van der Waals surface area contributed by atoms with Crippen molar-refractivity contribution in [2.45, 2.75) is 13.1 Å². The maximum atomic E-state index is 5.21. The van der Waals surface area contributed by atoms with E-state index in [1.807, 2.05) is 6.07 Å². The van der Waals surface area contributed by atoms with Crippen LogP contribution in [0.15, 0.2) is 21.2 Å². The number of hydrogen-bond acceptors (Lipinski definition) is 5. The molecule has 2 aromatic rings. The quantitative estimate of drug-likeness (QED) is 0.849. The van der Waals surface area contributed by atoms with E-state index in [2.05, 4.69) is 41.9 Å². The number of hydrogen-bond donors (Lipinski definition) is 2. The van der Waals surface area contributed by atoms with Gasteiger partial charge >= 0.3 is 0 Å². The predicted molar refractivity (Wildman–Crippen MR) is 51.1 cm³/mol. The van der Waals surface area contributed by atoms with Gasteiger partial charge in [-0.15, -0.1) is 10.2 Å². The molecule has 2 heterocycles. The number of rotatable bonds is 4. The van der Waals surface area contributed by atoms with Gasteiger partial charge in [-0.2, -0.15) is 5.21 Å². The van der Waals surface area contributed by atoms with Crippen LogP contribution in [-0.4, -0.2) is 20.6 Å². The molecule has 0 aliphatic heterocycles. The zero-order valence-corrected chi connectivity index (χ0v) is 8.78. The van der Waals surface area contributed by atoms with Gasteiger partial charge in [0.1, 0.15) is 5.76 Å². The molecule has 2 N–H and O–H groups in total. The molecule has 0 amide bonds. The van der Waals surface area contributed by atoms with Crippen LogP contribution < -0.4 is 5.32 Å². The van der Waals surface area contributed by atoms with Gasteiger partial charge in [-0.25, -0.2) is 0 Å². The predicted octanol–water partition coefficient (Wildman–Crippen LogP) is 0.845. The second-order valence-electron chi connectivity index (χ2n) is 2.62. The average Bonchev–Trinajstić information content (AvgIpc) is 2.78. The van der Waals surface area contributed by atoms with Crippen molar-refractivity contribution in [2.75, 3.05) is 0 Å². The fourth-order valence-corrected chi connectivity index (χ4v) is 1.34. The fraction of sp³-hybridized carbons (Fsp3) is 0.286. The SMILES string of the molecule is Brc1ccoc1CNCc1nn[nH]n1. The van der Waals surface area contributed by atoms with Crippen molar-refractivity contribution in [3.05, 3.63) is 28.4 Å². The number of tetrazole rings is 1. The number of nitrogens with zero attached hydrogens (tertiary/aromatic N) is 3.